The van der Waals surface area contributed by atoms with Gasteiger partial charge >= 0.3 is 5.97 Å². The number of ether oxygens (including phenoxy) is 3. The minimum atomic E-state index is -0.428. The van der Waals surface area contributed by atoms with Gasteiger partial charge in [0.25, 0.3) is 0 Å². The summed E-state index contributed by atoms with van der Waals surface area (Å²) in [6.45, 7) is 4.97. The molecule has 0 aliphatic rings. The summed E-state index contributed by atoms with van der Waals surface area (Å²) in [4.78, 5) is 11.0. The van der Waals surface area contributed by atoms with Crippen molar-refractivity contribution in [1.82, 2.24) is 0 Å². The lowest BCUT2D eigenvalue weighted by Gasteiger charge is -2.13. The van der Waals surface area contributed by atoms with Gasteiger partial charge in [0, 0.05) is 14.0 Å². The Balaban J connectivity index is 0.00000137. The number of hydrogen-bond acceptors (Lipinski definition) is 5. The molecular weight excluding hydrogens is 236 g/mol. The summed E-state index contributed by atoms with van der Waals surface area (Å²) in [5.41, 5.74) is 0.824. The third-order valence-corrected chi connectivity index (χ3v) is 1.96. The molecule has 0 unspecified atom stereocenters. The first-order valence-electron chi connectivity index (χ1n) is 5.14. The van der Waals surface area contributed by atoms with E-state index < -0.39 is 5.97 Å². The second-order valence-corrected chi connectivity index (χ2v) is 3.05. The Hall–Kier alpha value is -2.01. The molecule has 0 spiro atoms. The third kappa shape index (κ3) is 4.10. The van der Waals surface area contributed by atoms with Crippen molar-refractivity contribution in [2.45, 2.75) is 6.92 Å². The van der Waals surface area contributed by atoms with Gasteiger partial charge in [-0.1, -0.05) is 12.7 Å². The molecule has 0 amide bonds. The van der Waals surface area contributed by atoms with Crippen LogP contribution in [0.1, 0.15) is 12.5 Å². The number of aliphatic hydroxyl groups is 1. The maximum atomic E-state index is 11.0. The van der Waals surface area contributed by atoms with E-state index >= 15 is 0 Å². The largest absolute Gasteiger partial charge is 0.493 e. The molecule has 0 fully saturated rings. The van der Waals surface area contributed by atoms with E-state index in [0.717, 1.165) is 12.7 Å². The summed E-state index contributed by atoms with van der Waals surface area (Å²) >= 11 is 0. The average molecular weight is 254 g/mol. The smallest absolute Gasteiger partial charge is 0.308 e. The van der Waals surface area contributed by atoms with E-state index in [1.807, 2.05) is 0 Å². The van der Waals surface area contributed by atoms with Crippen molar-refractivity contribution >= 4 is 12.0 Å². The molecule has 1 aromatic carbocycles. The van der Waals surface area contributed by atoms with E-state index in [4.69, 9.17) is 19.3 Å². The molecule has 0 saturated heterocycles. The lowest BCUT2D eigenvalue weighted by Crippen LogP contribution is -2.05. The number of benzene rings is 1. The third-order valence-electron chi connectivity index (χ3n) is 1.96. The molecule has 1 aromatic rings. The monoisotopic (exact) mass is 254 g/mol. The van der Waals surface area contributed by atoms with Gasteiger partial charge in [-0.2, -0.15) is 0 Å². The molecule has 0 aliphatic carbocycles. The van der Waals surface area contributed by atoms with Crippen LogP contribution >= 0.6 is 0 Å². The van der Waals surface area contributed by atoms with Crippen LogP contribution in [0.25, 0.3) is 6.08 Å². The van der Waals surface area contributed by atoms with Gasteiger partial charge in [0.15, 0.2) is 11.5 Å². The van der Waals surface area contributed by atoms with Crippen molar-refractivity contribution in [3.05, 3.63) is 24.3 Å². The van der Waals surface area contributed by atoms with Crippen LogP contribution in [0.2, 0.25) is 0 Å². The Labute approximate surface area is 107 Å². The zero-order chi connectivity index (χ0) is 14.1. The Morgan fingerprint density at radius 1 is 1.22 bits per heavy atom. The quantitative estimate of drug-likeness (QED) is 0.656. The molecule has 0 heterocycles. The highest BCUT2D eigenvalue weighted by atomic mass is 16.6. The van der Waals surface area contributed by atoms with E-state index in [2.05, 4.69) is 6.58 Å². The number of carbonyl (C=O) groups excluding carboxylic acids is 1. The minimum absolute atomic E-state index is 0.281. The van der Waals surface area contributed by atoms with Crippen molar-refractivity contribution in [1.29, 1.82) is 0 Å². The lowest BCUT2D eigenvalue weighted by molar-refractivity contribution is -0.132. The molecule has 0 bridgehead atoms. The van der Waals surface area contributed by atoms with Gasteiger partial charge in [-0.15, -0.1) is 0 Å². The number of esters is 1. The predicted molar refractivity (Wildman–Crippen MR) is 69.1 cm³/mol. The second kappa shape index (κ2) is 8.14. The van der Waals surface area contributed by atoms with Gasteiger partial charge in [0.2, 0.25) is 5.75 Å². The van der Waals surface area contributed by atoms with Gasteiger partial charge in [0.1, 0.15) is 0 Å². The van der Waals surface area contributed by atoms with E-state index in [1.165, 1.54) is 21.1 Å². The molecule has 0 radical (unpaired) electrons. The molecule has 5 heteroatoms. The number of carbonyl (C=O) groups is 1. The molecule has 100 valence electrons. The molecule has 0 aliphatic heterocycles. The van der Waals surface area contributed by atoms with Crippen molar-refractivity contribution in [3.63, 3.8) is 0 Å². The molecule has 0 aromatic heterocycles. The number of aliphatic hydroxyl groups excluding tert-OH is 1. The molecule has 1 N–H and O–H groups in total. The molecule has 1 rings (SSSR count). The van der Waals surface area contributed by atoms with E-state index in [1.54, 1.807) is 18.2 Å². The molecule has 0 saturated carbocycles. The topological polar surface area (TPSA) is 65.0 Å². The summed E-state index contributed by atoms with van der Waals surface area (Å²) in [5, 5.41) is 7.00. The van der Waals surface area contributed by atoms with Gasteiger partial charge < -0.3 is 19.3 Å². The van der Waals surface area contributed by atoms with Crippen molar-refractivity contribution in [2.24, 2.45) is 0 Å². The highest BCUT2D eigenvalue weighted by molar-refractivity contribution is 5.73. The molecule has 0 atom stereocenters. The van der Waals surface area contributed by atoms with Crippen LogP contribution in [0.3, 0.4) is 0 Å². The summed E-state index contributed by atoms with van der Waals surface area (Å²) in [7, 11) is 3.99. The van der Waals surface area contributed by atoms with Gasteiger partial charge in [-0.3, -0.25) is 4.79 Å². The summed E-state index contributed by atoms with van der Waals surface area (Å²) in [6.07, 6.45) is 1.66. The fourth-order valence-corrected chi connectivity index (χ4v) is 1.26. The van der Waals surface area contributed by atoms with Crippen molar-refractivity contribution < 1.29 is 24.1 Å². The van der Waals surface area contributed by atoms with Crippen LogP contribution in [-0.4, -0.2) is 32.4 Å². The van der Waals surface area contributed by atoms with Crippen LogP contribution in [0.4, 0.5) is 0 Å². The van der Waals surface area contributed by atoms with Crippen LogP contribution in [0, 0.1) is 0 Å². The molecular formula is C13H18O5. The zero-order valence-corrected chi connectivity index (χ0v) is 11.0. The fraction of sp³-hybridized carbons (Fsp3) is 0.308. The highest BCUT2D eigenvalue weighted by Crippen LogP contribution is 2.38. The fourth-order valence-electron chi connectivity index (χ4n) is 1.26. The lowest BCUT2D eigenvalue weighted by atomic mass is 10.2. The highest BCUT2D eigenvalue weighted by Gasteiger charge is 2.14. The first-order valence-corrected chi connectivity index (χ1v) is 5.14. The first-order chi connectivity index (χ1) is 8.62. The molecule has 5 nitrogen and oxygen atoms in total. The second-order valence-electron chi connectivity index (χ2n) is 3.05. The average Bonchev–Trinajstić information content (AvgIpc) is 2.40. The van der Waals surface area contributed by atoms with Gasteiger partial charge in [-0.05, 0) is 17.7 Å². The predicted octanol–water partition coefficient (Wildman–Crippen LogP) is 1.88. The first kappa shape index (κ1) is 16.0. The van der Waals surface area contributed by atoms with Crippen molar-refractivity contribution in [3.8, 4) is 17.2 Å². The Kier molecular flexibility index (Phi) is 7.23. The standard InChI is InChI=1S/C12H14O4.CH4O/c1-5-9-6-10(14-3)12(16-8(2)13)11(7-9)15-4;1-2/h5-7H,1H2,2-4H3;2H,1H3. The molecule has 18 heavy (non-hydrogen) atoms. The Bertz CT molecular complexity index is 387. The summed E-state index contributed by atoms with van der Waals surface area (Å²) < 4.78 is 15.3. The van der Waals surface area contributed by atoms with E-state index in [-0.39, 0.29) is 5.75 Å². The minimum Gasteiger partial charge on any atom is -0.493 e. The van der Waals surface area contributed by atoms with Crippen molar-refractivity contribution in [2.75, 3.05) is 21.3 Å². The maximum absolute atomic E-state index is 11.0. The van der Waals surface area contributed by atoms with Crippen LogP contribution in [0.15, 0.2) is 18.7 Å². The number of rotatable bonds is 4. The van der Waals surface area contributed by atoms with Gasteiger partial charge in [0.05, 0.1) is 14.2 Å². The zero-order valence-electron chi connectivity index (χ0n) is 11.0. The Morgan fingerprint density at radius 3 is 1.94 bits per heavy atom. The van der Waals surface area contributed by atoms with Crippen LogP contribution < -0.4 is 14.2 Å². The Morgan fingerprint density at radius 2 is 1.67 bits per heavy atom. The summed E-state index contributed by atoms with van der Waals surface area (Å²) in [6, 6.07) is 3.43. The summed E-state index contributed by atoms with van der Waals surface area (Å²) in [5.74, 6) is 0.722. The number of hydrogen-bond donors (Lipinski definition) is 1. The van der Waals surface area contributed by atoms with Crippen LogP contribution in [-0.2, 0) is 4.79 Å². The number of methoxy groups -OCH3 is 2. The maximum Gasteiger partial charge on any atom is 0.308 e. The van der Waals surface area contributed by atoms with Crippen LogP contribution in [0.5, 0.6) is 17.2 Å². The SMILES string of the molecule is C=Cc1cc(OC)c(OC(C)=O)c(OC)c1.CO. The van der Waals surface area contributed by atoms with E-state index in [9.17, 15) is 4.79 Å². The van der Waals surface area contributed by atoms with E-state index in [0.29, 0.717) is 11.5 Å². The van der Waals surface area contributed by atoms with Gasteiger partial charge in [-0.25, -0.2) is 0 Å². The normalized spacial score (nSPS) is 8.72.